The van der Waals surface area contributed by atoms with Crippen LogP contribution in [0, 0.1) is 5.82 Å². The summed E-state index contributed by atoms with van der Waals surface area (Å²) in [5.41, 5.74) is 1.19. The maximum atomic E-state index is 14.7. The molecule has 0 radical (unpaired) electrons. The van der Waals surface area contributed by atoms with Crippen LogP contribution in [0.4, 0.5) is 10.1 Å². The Morgan fingerprint density at radius 1 is 1.07 bits per heavy atom. The minimum atomic E-state index is -0.715. The number of anilines is 1. The molecule has 29 heavy (non-hydrogen) atoms. The summed E-state index contributed by atoms with van der Waals surface area (Å²) in [5, 5.41) is -0.114. The molecule has 0 atom stereocenters. The van der Waals surface area contributed by atoms with Crippen molar-refractivity contribution >= 4 is 16.6 Å². The molecule has 2 aliphatic heterocycles. The molecule has 7 nitrogen and oxygen atoms in total. The molecule has 0 N–H and O–H groups in total. The van der Waals surface area contributed by atoms with Gasteiger partial charge in [-0.05, 0) is 36.9 Å². The van der Waals surface area contributed by atoms with Crippen LogP contribution >= 0.6 is 0 Å². The predicted octanol–water partition coefficient (Wildman–Crippen LogP) is 2.40. The van der Waals surface area contributed by atoms with Gasteiger partial charge in [0.2, 0.25) is 12.7 Å². The van der Waals surface area contributed by atoms with Crippen molar-refractivity contribution in [2.75, 3.05) is 44.9 Å². The average molecular weight is 397 g/mol. The van der Waals surface area contributed by atoms with Crippen molar-refractivity contribution in [1.82, 2.24) is 9.88 Å². The van der Waals surface area contributed by atoms with Crippen molar-refractivity contribution in [2.24, 2.45) is 0 Å². The summed E-state index contributed by atoms with van der Waals surface area (Å²) in [4.78, 5) is 21.2. The second-order valence-corrected chi connectivity index (χ2v) is 7.37. The first kappa shape index (κ1) is 17.9. The SMILES string of the molecule is CN1CCN(c2cc(F)c3c(=O)oc(Cc4ccc5c(c4)OCO5)nc3c2)CC1. The first-order valence-corrected chi connectivity index (χ1v) is 9.52. The molecule has 0 saturated carbocycles. The fourth-order valence-electron chi connectivity index (χ4n) is 3.73. The minimum Gasteiger partial charge on any atom is -0.454 e. The number of likely N-dealkylation sites (N-methyl/N-ethyl adjacent to an activating group) is 1. The van der Waals surface area contributed by atoms with Gasteiger partial charge in [-0.25, -0.2) is 14.2 Å². The van der Waals surface area contributed by atoms with Crippen LogP contribution in [0.2, 0.25) is 0 Å². The van der Waals surface area contributed by atoms with E-state index in [-0.39, 0.29) is 18.1 Å². The van der Waals surface area contributed by atoms with E-state index in [1.165, 1.54) is 6.07 Å². The van der Waals surface area contributed by atoms with Crippen LogP contribution in [0.5, 0.6) is 11.5 Å². The van der Waals surface area contributed by atoms with Gasteiger partial charge in [-0.15, -0.1) is 0 Å². The van der Waals surface area contributed by atoms with Crippen LogP contribution in [-0.4, -0.2) is 49.9 Å². The molecule has 2 aromatic carbocycles. The number of fused-ring (bicyclic) bond motifs is 2. The Hall–Kier alpha value is -3.13. The zero-order valence-corrected chi connectivity index (χ0v) is 16.0. The lowest BCUT2D eigenvalue weighted by Crippen LogP contribution is -2.44. The number of hydrogen-bond acceptors (Lipinski definition) is 7. The van der Waals surface area contributed by atoms with Crippen molar-refractivity contribution in [3.63, 3.8) is 0 Å². The van der Waals surface area contributed by atoms with Gasteiger partial charge in [0.15, 0.2) is 11.5 Å². The van der Waals surface area contributed by atoms with Crippen molar-refractivity contribution in [3.8, 4) is 11.5 Å². The molecular formula is C21H20FN3O4. The zero-order chi connectivity index (χ0) is 20.0. The standard InChI is InChI=1S/C21H20FN3O4/c1-24-4-6-25(7-5-24)14-10-15(22)20-16(11-14)23-19(29-21(20)26)9-13-2-3-17-18(8-13)28-12-27-17/h2-3,8,10-11H,4-7,9,12H2,1H3. The van der Waals surface area contributed by atoms with E-state index in [9.17, 15) is 9.18 Å². The van der Waals surface area contributed by atoms with Gasteiger partial charge in [0.25, 0.3) is 0 Å². The van der Waals surface area contributed by atoms with Crippen molar-refractivity contribution < 1.29 is 18.3 Å². The van der Waals surface area contributed by atoms with E-state index in [4.69, 9.17) is 13.9 Å². The Morgan fingerprint density at radius 3 is 2.69 bits per heavy atom. The predicted molar refractivity (Wildman–Crippen MR) is 105 cm³/mol. The molecule has 5 rings (SSSR count). The van der Waals surface area contributed by atoms with Gasteiger partial charge >= 0.3 is 5.63 Å². The molecule has 8 heteroatoms. The highest BCUT2D eigenvalue weighted by molar-refractivity contribution is 5.82. The van der Waals surface area contributed by atoms with Crippen LogP contribution in [0.25, 0.3) is 10.9 Å². The van der Waals surface area contributed by atoms with Gasteiger partial charge in [0, 0.05) is 38.3 Å². The molecule has 2 aliphatic rings. The second kappa shape index (κ2) is 7.04. The summed E-state index contributed by atoms with van der Waals surface area (Å²) in [6.07, 6.45) is 0.294. The number of hydrogen-bond donors (Lipinski definition) is 0. The zero-order valence-electron chi connectivity index (χ0n) is 16.0. The molecule has 0 aliphatic carbocycles. The lowest BCUT2D eigenvalue weighted by molar-refractivity contribution is 0.174. The Labute approximate surface area is 166 Å². The molecular weight excluding hydrogens is 377 g/mol. The van der Waals surface area contributed by atoms with Crippen LogP contribution in [-0.2, 0) is 6.42 Å². The number of aromatic nitrogens is 1. The Kier molecular flexibility index (Phi) is 4.35. The number of piperazine rings is 1. The molecule has 1 aromatic heterocycles. The number of ether oxygens (including phenoxy) is 2. The van der Waals surface area contributed by atoms with Crippen LogP contribution < -0.4 is 20.0 Å². The van der Waals surface area contributed by atoms with Crippen LogP contribution in [0.15, 0.2) is 39.5 Å². The normalized spacial score (nSPS) is 16.6. The Bertz CT molecular complexity index is 1140. The van der Waals surface area contributed by atoms with Gasteiger partial charge in [0.1, 0.15) is 11.2 Å². The number of nitrogens with zero attached hydrogens (tertiary/aromatic N) is 3. The van der Waals surface area contributed by atoms with Gasteiger partial charge < -0.3 is 23.7 Å². The van der Waals surface area contributed by atoms with Crippen molar-refractivity contribution in [1.29, 1.82) is 0 Å². The van der Waals surface area contributed by atoms with E-state index < -0.39 is 11.4 Å². The summed E-state index contributed by atoms with van der Waals surface area (Å²) in [6.45, 7) is 3.59. The lowest BCUT2D eigenvalue weighted by atomic mass is 10.1. The highest BCUT2D eigenvalue weighted by Crippen LogP contribution is 2.33. The molecule has 0 spiro atoms. The summed E-state index contributed by atoms with van der Waals surface area (Å²) < 4.78 is 30.7. The van der Waals surface area contributed by atoms with E-state index in [2.05, 4.69) is 21.8 Å². The Balaban J connectivity index is 1.49. The largest absolute Gasteiger partial charge is 0.454 e. The smallest absolute Gasteiger partial charge is 0.349 e. The van der Waals surface area contributed by atoms with Gasteiger partial charge in [-0.3, -0.25) is 0 Å². The summed E-state index contributed by atoms with van der Waals surface area (Å²) in [6, 6.07) is 8.66. The maximum absolute atomic E-state index is 14.7. The highest BCUT2D eigenvalue weighted by Gasteiger charge is 2.19. The van der Waals surface area contributed by atoms with Crippen molar-refractivity contribution in [3.05, 3.63) is 58.0 Å². The van der Waals surface area contributed by atoms with E-state index in [0.29, 0.717) is 23.4 Å². The Morgan fingerprint density at radius 2 is 1.86 bits per heavy atom. The van der Waals surface area contributed by atoms with Crippen molar-refractivity contribution in [2.45, 2.75) is 6.42 Å². The molecule has 150 valence electrons. The summed E-state index contributed by atoms with van der Waals surface area (Å²) >= 11 is 0. The van der Waals surface area contributed by atoms with Crippen LogP contribution in [0.3, 0.4) is 0 Å². The van der Waals surface area contributed by atoms with E-state index in [1.807, 2.05) is 18.2 Å². The molecule has 0 amide bonds. The highest BCUT2D eigenvalue weighted by atomic mass is 19.1. The molecule has 0 unspecified atom stereocenters. The fraction of sp³-hybridized carbons (Fsp3) is 0.333. The fourth-order valence-corrected chi connectivity index (χ4v) is 3.73. The summed E-state index contributed by atoms with van der Waals surface area (Å²) in [7, 11) is 2.06. The minimum absolute atomic E-state index is 0.114. The third-order valence-corrected chi connectivity index (χ3v) is 5.37. The lowest BCUT2D eigenvalue weighted by Gasteiger charge is -2.34. The first-order valence-electron chi connectivity index (χ1n) is 9.52. The van der Waals surface area contributed by atoms with Gasteiger partial charge in [-0.2, -0.15) is 0 Å². The third-order valence-electron chi connectivity index (χ3n) is 5.37. The summed E-state index contributed by atoms with van der Waals surface area (Å²) in [5.74, 6) is 0.957. The molecule has 3 aromatic rings. The van der Waals surface area contributed by atoms with E-state index >= 15 is 0 Å². The third kappa shape index (κ3) is 3.40. The second-order valence-electron chi connectivity index (χ2n) is 7.37. The number of benzene rings is 2. The molecule has 0 bridgehead atoms. The average Bonchev–Trinajstić information content (AvgIpc) is 3.15. The quantitative estimate of drug-likeness (QED) is 0.672. The van der Waals surface area contributed by atoms with E-state index in [0.717, 1.165) is 37.4 Å². The van der Waals surface area contributed by atoms with Gasteiger partial charge in [-0.1, -0.05) is 6.07 Å². The number of halogens is 1. The van der Waals surface area contributed by atoms with E-state index in [1.54, 1.807) is 6.07 Å². The van der Waals surface area contributed by atoms with Gasteiger partial charge in [0.05, 0.1) is 5.52 Å². The first-order chi connectivity index (χ1) is 14.1. The van der Waals surface area contributed by atoms with Crippen LogP contribution in [0.1, 0.15) is 11.5 Å². The molecule has 3 heterocycles. The monoisotopic (exact) mass is 397 g/mol. The maximum Gasteiger partial charge on any atom is 0.349 e. The topological polar surface area (TPSA) is 68.0 Å². The molecule has 1 fully saturated rings. The number of rotatable bonds is 3. The molecule has 1 saturated heterocycles.